The Hall–Kier alpha value is -1.11. The van der Waals surface area contributed by atoms with E-state index in [0.717, 1.165) is 25.3 Å². The molecule has 0 aliphatic carbocycles. The Labute approximate surface area is 106 Å². The second-order valence-corrected chi connectivity index (χ2v) is 5.01. The summed E-state index contributed by atoms with van der Waals surface area (Å²) in [4.78, 5) is 1.90. The number of aliphatic hydroxyl groups excluding tert-OH is 2. The van der Waals surface area contributed by atoms with Crippen molar-refractivity contribution in [3.05, 3.63) is 12.3 Å². The number of ether oxygens (including phenoxy) is 1. The highest BCUT2D eigenvalue weighted by Crippen LogP contribution is 2.24. The summed E-state index contributed by atoms with van der Waals surface area (Å²) in [7, 11) is 0. The average molecular weight is 253 g/mol. The molecule has 0 spiro atoms. The van der Waals surface area contributed by atoms with Gasteiger partial charge < -0.3 is 19.8 Å². The van der Waals surface area contributed by atoms with Gasteiger partial charge in [0.25, 0.3) is 0 Å². The predicted octanol–water partition coefficient (Wildman–Crippen LogP) is 0.124. The van der Waals surface area contributed by atoms with Gasteiger partial charge >= 0.3 is 0 Å². The van der Waals surface area contributed by atoms with Gasteiger partial charge in [0.1, 0.15) is 6.23 Å². The Morgan fingerprint density at radius 1 is 1.22 bits per heavy atom. The summed E-state index contributed by atoms with van der Waals surface area (Å²) in [5, 5.41) is 23.5. The van der Waals surface area contributed by atoms with Gasteiger partial charge in [-0.15, -0.1) is 0 Å². The standard InChI is InChI=1S/C12H19N3O3/c16-9-7-14(8-10(9)17)11-4-5-15(13-11)12-3-1-2-6-18-12/h4-5,9-10,12,16-17H,1-3,6-8H2. The largest absolute Gasteiger partial charge is 0.389 e. The van der Waals surface area contributed by atoms with Gasteiger partial charge in [-0.05, 0) is 19.3 Å². The van der Waals surface area contributed by atoms with Crippen molar-refractivity contribution in [3.63, 3.8) is 0 Å². The molecule has 0 radical (unpaired) electrons. The fraction of sp³-hybridized carbons (Fsp3) is 0.750. The molecule has 2 aliphatic rings. The monoisotopic (exact) mass is 253 g/mol. The number of anilines is 1. The summed E-state index contributed by atoms with van der Waals surface area (Å²) in [6.07, 6.45) is 3.86. The Morgan fingerprint density at radius 3 is 2.67 bits per heavy atom. The molecule has 1 aromatic rings. The first-order chi connectivity index (χ1) is 8.74. The lowest BCUT2D eigenvalue weighted by molar-refractivity contribution is -0.0393. The highest BCUT2D eigenvalue weighted by atomic mass is 16.5. The van der Waals surface area contributed by atoms with Crippen LogP contribution in [-0.2, 0) is 4.74 Å². The second kappa shape index (κ2) is 4.87. The maximum Gasteiger partial charge on any atom is 0.150 e. The quantitative estimate of drug-likeness (QED) is 0.783. The van der Waals surface area contributed by atoms with Crippen LogP contribution < -0.4 is 4.90 Å². The Kier molecular flexibility index (Phi) is 3.23. The van der Waals surface area contributed by atoms with Crippen LogP contribution in [0.4, 0.5) is 5.82 Å². The lowest BCUT2D eigenvalue weighted by atomic mass is 10.2. The molecule has 6 heteroatoms. The fourth-order valence-electron chi connectivity index (χ4n) is 2.55. The number of rotatable bonds is 2. The van der Waals surface area contributed by atoms with Gasteiger partial charge in [0.2, 0.25) is 0 Å². The maximum atomic E-state index is 9.53. The van der Waals surface area contributed by atoms with E-state index in [9.17, 15) is 10.2 Å². The van der Waals surface area contributed by atoms with Gasteiger partial charge in [-0.2, -0.15) is 5.10 Å². The molecule has 2 aliphatic heterocycles. The first kappa shape index (κ1) is 12.0. The number of aliphatic hydroxyl groups is 2. The molecule has 2 saturated heterocycles. The molecular weight excluding hydrogens is 234 g/mol. The van der Waals surface area contributed by atoms with E-state index in [1.807, 2.05) is 21.8 Å². The van der Waals surface area contributed by atoms with Crippen molar-refractivity contribution in [1.82, 2.24) is 9.78 Å². The van der Waals surface area contributed by atoms with Crippen LogP contribution in [0.25, 0.3) is 0 Å². The smallest absolute Gasteiger partial charge is 0.150 e. The van der Waals surface area contributed by atoms with E-state index < -0.39 is 12.2 Å². The van der Waals surface area contributed by atoms with Crippen molar-refractivity contribution in [2.75, 3.05) is 24.6 Å². The van der Waals surface area contributed by atoms with Gasteiger partial charge in [-0.25, -0.2) is 4.68 Å². The van der Waals surface area contributed by atoms with E-state index in [2.05, 4.69) is 5.10 Å². The molecule has 2 N–H and O–H groups in total. The van der Waals surface area contributed by atoms with Crippen LogP contribution in [0.2, 0.25) is 0 Å². The predicted molar refractivity (Wildman–Crippen MR) is 65.3 cm³/mol. The Bertz CT molecular complexity index is 393. The zero-order chi connectivity index (χ0) is 12.5. The van der Waals surface area contributed by atoms with Crippen molar-refractivity contribution >= 4 is 5.82 Å². The summed E-state index contributed by atoms with van der Waals surface area (Å²) in [5.41, 5.74) is 0. The highest BCUT2D eigenvalue weighted by Gasteiger charge is 2.31. The number of aromatic nitrogens is 2. The lowest BCUT2D eigenvalue weighted by Gasteiger charge is -2.23. The lowest BCUT2D eigenvalue weighted by Crippen LogP contribution is -2.23. The summed E-state index contributed by atoms with van der Waals surface area (Å²) in [6, 6.07) is 1.91. The number of nitrogens with zero attached hydrogens (tertiary/aromatic N) is 3. The molecule has 18 heavy (non-hydrogen) atoms. The van der Waals surface area contributed by atoms with Gasteiger partial charge in [0.05, 0.1) is 12.2 Å². The minimum atomic E-state index is -0.680. The van der Waals surface area contributed by atoms with E-state index in [-0.39, 0.29) is 6.23 Å². The van der Waals surface area contributed by atoms with Gasteiger partial charge in [0.15, 0.2) is 5.82 Å². The van der Waals surface area contributed by atoms with Crippen molar-refractivity contribution in [1.29, 1.82) is 0 Å². The van der Waals surface area contributed by atoms with Crippen LogP contribution in [0.5, 0.6) is 0 Å². The number of β-amino-alcohol motifs (C(OH)–C–C–N with tert-alkyl or cyclic N) is 2. The molecule has 3 unspecified atom stereocenters. The minimum absolute atomic E-state index is 0.0324. The molecule has 100 valence electrons. The van der Waals surface area contributed by atoms with Gasteiger partial charge in [0, 0.05) is 32.0 Å². The molecule has 0 amide bonds. The fourth-order valence-corrected chi connectivity index (χ4v) is 2.55. The number of hydrogen-bond donors (Lipinski definition) is 2. The average Bonchev–Trinajstić information content (AvgIpc) is 2.99. The topological polar surface area (TPSA) is 70.8 Å². The Balaban J connectivity index is 1.69. The summed E-state index contributed by atoms with van der Waals surface area (Å²) in [6.45, 7) is 1.66. The van der Waals surface area contributed by atoms with Crippen molar-refractivity contribution in [2.45, 2.75) is 37.7 Å². The highest BCUT2D eigenvalue weighted by molar-refractivity contribution is 5.39. The van der Waals surface area contributed by atoms with E-state index in [4.69, 9.17) is 4.74 Å². The van der Waals surface area contributed by atoms with Crippen molar-refractivity contribution in [3.8, 4) is 0 Å². The normalized spacial score (nSPS) is 33.0. The molecule has 6 nitrogen and oxygen atoms in total. The third kappa shape index (κ3) is 2.23. The molecule has 0 aromatic carbocycles. The molecule has 3 heterocycles. The summed E-state index contributed by atoms with van der Waals surface area (Å²) in [5.74, 6) is 0.791. The summed E-state index contributed by atoms with van der Waals surface area (Å²) >= 11 is 0. The third-order valence-electron chi connectivity index (χ3n) is 3.63. The second-order valence-electron chi connectivity index (χ2n) is 5.01. The van der Waals surface area contributed by atoms with Crippen molar-refractivity contribution < 1.29 is 14.9 Å². The zero-order valence-electron chi connectivity index (χ0n) is 10.3. The van der Waals surface area contributed by atoms with Crippen LogP contribution in [0.3, 0.4) is 0 Å². The van der Waals surface area contributed by atoms with Gasteiger partial charge in [-0.3, -0.25) is 0 Å². The van der Waals surface area contributed by atoms with E-state index in [1.54, 1.807) is 0 Å². The molecule has 1 aromatic heterocycles. The first-order valence-electron chi connectivity index (χ1n) is 6.52. The zero-order valence-corrected chi connectivity index (χ0v) is 10.3. The van der Waals surface area contributed by atoms with Crippen LogP contribution in [0, 0.1) is 0 Å². The maximum absolute atomic E-state index is 9.53. The molecule has 3 rings (SSSR count). The molecular formula is C12H19N3O3. The van der Waals surface area contributed by atoms with E-state index in [0.29, 0.717) is 13.1 Å². The first-order valence-corrected chi connectivity index (χ1v) is 6.52. The van der Waals surface area contributed by atoms with Crippen LogP contribution in [-0.4, -0.2) is 51.9 Å². The van der Waals surface area contributed by atoms with E-state index in [1.165, 1.54) is 6.42 Å². The van der Waals surface area contributed by atoms with Gasteiger partial charge in [-0.1, -0.05) is 0 Å². The molecule has 3 atom stereocenters. The van der Waals surface area contributed by atoms with Crippen molar-refractivity contribution in [2.24, 2.45) is 0 Å². The van der Waals surface area contributed by atoms with E-state index >= 15 is 0 Å². The molecule has 0 saturated carbocycles. The Morgan fingerprint density at radius 2 is 2.00 bits per heavy atom. The minimum Gasteiger partial charge on any atom is -0.389 e. The molecule has 2 fully saturated rings. The molecule has 0 bridgehead atoms. The van der Waals surface area contributed by atoms with Crippen LogP contribution >= 0.6 is 0 Å². The third-order valence-corrected chi connectivity index (χ3v) is 3.63. The van der Waals surface area contributed by atoms with Crippen LogP contribution in [0.1, 0.15) is 25.5 Å². The summed E-state index contributed by atoms with van der Waals surface area (Å²) < 4.78 is 7.50. The van der Waals surface area contributed by atoms with Crippen LogP contribution in [0.15, 0.2) is 12.3 Å². The SMILES string of the molecule is OC1CN(c2ccn(C3CCCCO3)n2)CC1O. The number of hydrogen-bond acceptors (Lipinski definition) is 5.